The average molecular weight is 282 g/mol. The zero-order valence-corrected chi connectivity index (χ0v) is 13.4. The second-order valence-corrected chi connectivity index (χ2v) is 6.66. The van der Waals surface area contributed by atoms with Crippen molar-refractivity contribution in [1.82, 2.24) is 10.2 Å². The molecule has 0 saturated carbocycles. The number of unbranched alkanes of at least 4 members (excludes halogenated alkanes) is 1. The normalized spacial score (nSPS) is 32.4. The number of nitrogens with one attached hydrogen (secondary N) is 1. The molecular formula is C16H30N2O2. The lowest BCUT2D eigenvalue weighted by atomic mass is 9.97. The van der Waals surface area contributed by atoms with Gasteiger partial charge in [-0.15, -0.1) is 0 Å². The van der Waals surface area contributed by atoms with Crippen LogP contribution in [0.2, 0.25) is 0 Å². The smallest absolute Gasteiger partial charge is 0.241 e. The van der Waals surface area contributed by atoms with Gasteiger partial charge in [0.15, 0.2) is 0 Å². The summed E-state index contributed by atoms with van der Waals surface area (Å²) < 4.78 is 5.50. The van der Waals surface area contributed by atoms with Crippen molar-refractivity contribution in [3.8, 4) is 0 Å². The number of carbonyl (C=O) groups excluding carboxylic acids is 1. The van der Waals surface area contributed by atoms with Crippen molar-refractivity contribution in [3.05, 3.63) is 0 Å². The molecule has 2 heterocycles. The van der Waals surface area contributed by atoms with Gasteiger partial charge in [0.2, 0.25) is 5.91 Å². The minimum atomic E-state index is 0.0205. The van der Waals surface area contributed by atoms with Gasteiger partial charge in [-0.2, -0.15) is 0 Å². The second-order valence-electron chi connectivity index (χ2n) is 6.66. The van der Waals surface area contributed by atoms with Gasteiger partial charge >= 0.3 is 0 Å². The van der Waals surface area contributed by atoms with E-state index in [0.29, 0.717) is 17.7 Å². The van der Waals surface area contributed by atoms with E-state index in [-0.39, 0.29) is 18.2 Å². The third kappa shape index (κ3) is 3.17. The molecule has 4 nitrogen and oxygen atoms in total. The van der Waals surface area contributed by atoms with E-state index in [1.165, 1.54) is 0 Å². The highest BCUT2D eigenvalue weighted by Gasteiger charge is 2.44. The van der Waals surface area contributed by atoms with Gasteiger partial charge in [0.1, 0.15) is 0 Å². The van der Waals surface area contributed by atoms with Crippen molar-refractivity contribution in [1.29, 1.82) is 0 Å². The molecule has 2 saturated heterocycles. The van der Waals surface area contributed by atoms with Crippen LogP contribution in [0.25, 0.3) is 0 Å². The Kier molecular flexibility index (Phi) is 5.44. The third-order valence-corrected chi connectivity index (χ3v) is 4.79. The molecule has 1 amide bonds. The first kappa shape index (κ1) is 15.8. The molecule has 0 aromatic carbocycles. The van der Waals surface area contributed by atoms with Crippen molar-refractivity contribution in [3.63, 3.8) is 0 Å². The molecular weight excluding hydrogens is 252 g/mol. The molecule has 2 aliphatic rings. The second kappa shape index (κ2) is 6.90. The number of hydrogen-bond acceptors (Lipinski definition) is 3. The molecule has 2 rings (SSSR count). The van der Waals surface area contributed by atoms with Crippen LogP contribution < -0.4 is 5.32 Å². The molecule has 20 heavy (non-hydrogen) atoms. The van der Waals surface area contributed by atoms with E-state index in [1.54, 1.807) is 0 Å². The van der Waals surface area contributed by atoms with E-state index >= 15 is 0 Å². The summed E-state index contributed by atoms with van der Waals surface area (Å²) in [6.45, 7) is 10.4. The molecule has 1 N–H and O–H groups in total. The standard InChI is InChI=1S/C16H30N2O2/c1-5-6-7-14-16(19)18(15(17-14)11(2)3)12(4)13-8-9-20-10-13/h11-15,17H,5-10H2,1-4H3. The summed E-state index contributed by atoms with van der Waals surface area (Å²) in [4.78, 5) is 14.9. The molecule has 0 radical (unpaired) electrons. The summed E-state index contributed by atoms with van der Waals surface area (Å²) in [6, 6.07) is 0.295. The minimum absolute atomic E-state index is 0.0205. The van der Waals surface area contributed by atoms with Crippen LogP contribution in [-0.2, 0) is 9.53 Å². The molecule has 4 heteroatoms. The summed E-state index contributed by atoms with van der Waals surface area (Å²) >= 11 is 0. The van der Waals surface area contributed by atoms with Crippen molar-refractivity contribution < 1.29 is 9.53 Å². The van der Waals surface area contributed by atoms with Crippen LogP contribution in [0.15, 0.2) is 0 Å². The Hall–Kier alpha value is -0.610. The van der Waals surface area contributed by atoms with E-state index in [1.807, 2.05) is 0 Å². The first-order chi connectivity index (χ1) is 9.56. The zero-order valence-electron chi connectivity index (χ0n) is 13.4. The van der Waals surface area contributed by atoms with Gasteiger partial charge in [0.05, 0.1) is 18.8 Å². The molecule has 0 spiro atoms. The molecule has 0 aliphatic carbocycles. The van der Waals surface area contributed by atoms with E-state index < -0.39 is 0 Å². The van der Waals surface area contributed by atoms with Crippen LogP contribution >= 0.6 is 0 Å². The SMILES string of the molecule is CCCCC1NC(C(C)C)N(C(C)C2CCOC2)C1=O. The zero-order chi connectivity index (χ0) is 14.7. The largest absolute Gasteiger partial charge is 0.381 e. The fraction of sp³-hybridized carbons (Fsp3) is 0.938. The maximum absolute atomic E-state index is 12.7. The van der Waals surface area contributed by atoms with Crippen LogP contribution in [-0.4, -0.2) is 42.3 Å². The lowest BCUT2D eigenvalue weighted by Crippen LogP contribution is -2.49. The Bertz CT molecular complexity index is 326. The lowest BCUT2D eigenvalue weighted by molar-refractivity contribution is -0.133. The summed E-state index contributed by atoms with van der Waals surface area (Å²) in [5, 5.41) is 3.56. The predicted octanol–water partition coefficient (Wildman–Crippen LogP) is 2.38. The number of carbonyl (C=O) groups is 1. The summed E-state index contributed by atoms with van der Waals surface area (Å²) in [5.41, 5.74) is 0. The Balaban J connectivity index is 2.08. The van der Waals surface area contributed by atoms with E-state index in [0.717, 1.165) is 38.9 Å². The summed E-state index contributed by atoms with van der Waals surface area (Å²) in [7, 11) is 0. The fourth-order valence-electron chi connectivity index (χ4n) is 3.42. The van der Waals surface area contributed by atoms with Gasteiger partial charge in [0.25, 0.3) is 0 Å². The van der Waals surface area contributed by atoms with Gasteiger partial charge in [-0.05, 0) is 25.7 Å². The Labute approximate surface area is 123 Å². The topological polar surface area (TPSA) is 41.6 Å². The number of ether oxygens (including phenoxy) is 1. The van der Waals surface area contributed by atoms with Gasteiger partial charge in [0, 0.05) is 18.6 Å². The van der Waals surface area contributed by atoms with Crippen molar-refractivity contribution in [2.45, 2.75) is 71.6 Å². The quantitative estimate of drug-likeness (QED) is 0.813. The fourth-order valence-corrected chi connectivity index (χ4v) is 3.42. The number of rotatable bonds is 6. The molecule has 2 aliphatic heterocycles. The Morgan fingerprint density at radius 3 is 2.70 bits per heavy atom. The van der Waals surface area contributed by atoms with Crippen molar-refractivity contribution in [2.75, 3.05) is 13.2 Å². The highest BCUT2D eigenvalue weighted by molar-refractivity contribution is 5.84. The van der Waals surface area contributed by atoms with Crippen LogP contribution in [0.3, 0.4) is 0 Å². The minimum Gasteiger partial charge on any atom is -0.381 e. The van der Waals surface area contributed by atoms with Crippen LogP contribution in [0.1, 0.15) is 53.4 Å². The summed E-state index contributed by atoms with van der Waals surface area (Å²) in [6.07, 6.45) is 4.48. The molecule has 4 unspecified atom stereocenters. The van der Waals surface area contributed by atoms with Gasteiger partial charge in [-0.1, -0.05) is 33.6 Å². The molecule has 0 bridgehead atoms. The highest BCUT2D eigenvalue weighted by Crippen LogP contribution is 2.29. The van der Waals surface area contributed by atoms with Crippen LogP contribution in [0, 0.1) is 11.8 Å². The third-order valence-electron chi connectivity index (χ3n) is 4.79. The van der Waals surface area contributed by atoms with Crippen molar-refractivity contribution >= 4 is 5.91 Å². The van der Waals surface area contributed by atoms with E-state index in [2.05, 4.69) is 37.9 Å². The lowest BCUT2D eigenvalue weighted by Gasteiger charge is -2.35. The summed E-state index contributed by atoms with van der Waals surface area (Å²) in [5.74, 6) is 1.24. The molecule has 2 fully saturated rings. The van der Waals surface area contributed by atoms with E-state index in [9.17, 15) is 4.79 Å². The van der Waals surface area contributed by atoms with Gasteiger partial charge in [-0.25, -0.2) is 0 Å². The first-order valence-electron chi connectivity index (χ1n) is 8.22. The maximum atomic E-state index is 12.7. The van der Waals surface area contributed by atoms with Gasteiger partial charge in [-0.3, -0.25) is 10.1 Å². The highest BCUT2D eigenvalue weighted by atomic mass is 16.5. The molecule has 0 aromatic rings. The Morgan fingerprint density at radius 1 is 1.40 bits per heavy atom. The average Bonchev–Trinajstić information content (AvgIpc) is 3.04. The first-order valence-corrected chi connectivity index (χ1v) is 8.22. The monoisotopic (exact) mass is 282 g/mol. The molecule has 0 aromatic heterocycles. The predicted molar refractivity (Wildman–Crippen MR) is 80.3 cm³/mol. The maximum Gasteiger partial charge on any atom is 0.241 e. The molecule has 116 valence electrons. The molecule has 4 atom stereocenters. The van der Waals surface area contributed by atoms with Crippen LogP contribution in [0.5, 0.6) is 0 Å². The van der Waals surface area contributed by atoms with Crippen molar-refractivity contribution in [2.24, 2.45) is 11.8 Å². The van der Waals surface area contributed by atoms with Gasteiger partial charge < -0.3 is 9.64 Å². The number of nitrogens with zero attached hydrogens (tertiary/aromatic N) is 1. The number of hydrogen-bond donors (Lipinski definition) is 1. The Morgan fingerprint density at radius 2 is 2.15 bits per heavy atom. The van der Waals surface area contributed by atoms with Crippen LogP contribution in [0.4, 0.5) is 0 Å². The number of amides is 1. The van der Waals surface area contributed by atoms with E-state index in [4.69, 9.17) is 4.74 Å².